The van der Waals surface area contributed by atoms with Crippen molar-refractivity contribution < 1.29 is 59.3 Å². The summed E-state index contributed by atoms with van der Waals surface area (Å²) in [5, 5.41) is 23.2. The van der Waals surface area contributed by atoms with E-state index in [4.69, 9.17) is 15.0 Å². The van der Waals surface area contributed by atoms with Crippen LogP contribution in [0.15, 0.2) is 0 Å². The number of carboxylic acids is 1. The number of hydrogen-bond donors (Lipinski definition) is 2. The monoisotopic (exact) mass is 250 g/mol. The van der Waals surface area contributed by atoms with Crippen LogP contribution in [0, 0.1) is 0 Å². The molecule has 0 aromatic rings. The maximum atomic E-state index is 9.80. The predicted molar refractivity (Wildman–Crippen MR) is 34.5 cm³/mol. The quantitative estimate of drug-likeness (QED) is 0.293. The Bertz CT molecular complexity index is 165. The van der Waals surface area contributed by atoms with Crippen molar-refractivity contribution in [2.24, 2.45) is 0 Å². The van der Waals surface area contributed by atoms with Crippen LogP contribution < -0.4 is 34.7 Å². The molecule has 0 rings (SSSR count). The third-order valence-electron chi connectivity index (χ3n) is 0.349. The first-order valence-electron chi connectivity index (χ1n) is 2.13. The normalized spacial score (nSPS) is 6.75. The van der Waals surface area contributed by atoms with Crippen LogP contribution in [0.25, 0.3) is 0 Å². The molecule has 0 bridgehead atoms. The van der Waals surface area contributed by atoms with Gasteiger partial charge in [0.1, 0.15) is 5.97 Å². The van der Waals surface area contributed by atoms with Crippen molar-refractivity contribution in [3.63, 3.8) is 0 Å². The van der Waals surface area contributed by atoms with Gasteiger partial charge in [-0.05, 0) is 0 Å². The number of halogens is 1. The Labute approximate surface area is 98.0 Å². The molecule has 0 aliphatic rings. The van der Waals surface area contributed by atoms with Crippen LogP contribution >= 0.6 is 15.9 Å². The molecule has 0 atom stereocenters. The van der Waals surface area contributed by atoms with E-state index in [1.165, 1.54) is 0 Å². The summed E-state index contributed by atoms with van der Waals surface area (Å²) in [5.74, 6) is -2.57. The minimum atomic E-state index is -1.83. The smallest absolute Gasteiger partial charge is 0.542 e. The SMILES string of the molecule is O=C(O)O.O=C([O-])C(=O)CBr.[Na+]. The van der Waals surface area contributed by atoms with E-state index in [-0.39, 0.29) is 34.9 Å². The van der Waals surface area contributed by atoms with Gasteiger partial charge in [0.15, 0.2) is 5.78 Å². The van der Waals surface area contributed by atoms with Crippen molar-refractivity contribution in [2.75, 3.05) is 5.33 Å². The van der Waals surface area contributed by atoms with Crippen LogP contribution in [-0.4, -0.2) is 33.5 Å². The Kier molecular flexibility index (Phi) is 16.2. The van der Waals surface area contributed by atoms with Crippen LogP contribution in [-0.2, 0) is 9.59 Å². The predicted octanol–water partition coefficient (Wildman–Crippen LogP) is -4.07. The standard InChI is InChI=1S/C3H3BrO3.CH2O3.Na/c4-1-2(5)3(6)7;2-1(3)4;/h1H2,(H,6,7);(H2,2,3,4);/q;;+1/p-1. The zero-order valence-corrected chi connectivity index (χ0v) is 9.70. The molecule has 0 unspecified atom stereocenters. The van der Waals surface area contributed by atoms with E-state index in [0.29, 0.717) is 0 Å². The van der Waals surface area contributed by atoms with Gasteiger partial charge in [0.25, 0.3) is 0 Å². The number of carbonyl (C=O) groups excluding carboxylic acids is 2. The van der Waals surface area contributed by atoms with Gasteiger partial charge in [-0.25, -0.2) is 4.79 Å². The molecule has 0 saturated carbocycles. The molecule has 8 heteroatoms. The first-order valence-corrected chi connectivity index (χ1v) is 3.26. The first-order chi connectivity index (χ1) is 4.91. The Morgan fingerprint density at radius 2 is 1.50 bits per heavy atom. The van der Waals surface area contributed by atoms with Gasteiger partial charge >= 0.3 is 35.7 Å². The van der Waals surface area contributed by atoms with E-state index >= 15 is 0 Å². The molecule has 0 aliphatic carbocycles. The van der Waals surface area contributed by atoms with E-state index in [0.717, 1.165) is 0 Å². The van der Waals surface area contributed by atoms with E-state index in [1.807, 2.05) is 0 Å². The number of rotatable bonds is 2. The fourth-order valence-electron chi connectivity index (χ4n) is 0.0546. The summed E-state index contributed by atoms with van der Waals surface area (Å²) >= 11 is 2.64. The minimum absolute atomic E-state index is 0. The van der Waals surface area contributed by atoms with Crippen molar-refractivity contribution in [1.29, 1.82) is 0 Å². The van der Waals surface area contributed by atoms with E-state index in [9.17, 15) is 14.7 Å². The Morgan fingerprint density at radius 1 is 1.25 bits per heavy atom. The molecule has 0 spiro atoms. The topological polar surface area (TPSA) is 115 Å². The van der Waals surface area contributed by atoms with Crippen LogP contribution in [0.4, 0.5) is 4.79 Å². The van der Waals surface area contributed by atoms with E-state index in [2.05, 4.69) is 15.9 Å². The number of hydrogen-bond acceptors (Lipinski definition) is 4. The second kappa shape index (κ2) is 10.9. The van der Waals surface area contributed by atoms with Crippen LogP contribution in [0.5, 0.6) is 0 Å². The third kappa shape index (κ3) is 22.5. The molecular weight excluding hydrogens is 247 g/mol. The molecule has 0 saturated heterocycles. The summed E-state index contributed by atoms with van der Waals surface area (Å²) in [7, 11) is 0. The van der Waals surface area contributed by atoms with Crippen LogP contribution in [0.3, 0.4) is 0 Å². The number of carbonyl (C=O) groups is 3. The van der Waals surface area contributed by atoms with Gasteiger partial charge in [-0.1, -0.05) is 15.9 Å². The molecule has 64 valence electrons. The number of ketones is 1. The summed E-state index contributed by atoms with van der Waals surface area (Å²) in [6.07, 6.45) is -1.83. The van der Waals surface area contributed by atoms with Gasteiger partial charge in [-0.2, -0.15) is 0 Å². The van der Waals surface area contributed by atoms with Crippen molar-refractivity contribution in [3.05, 3.63) is 0 Å². The maximum absolute atomic E-state index is 9.80. The van der Waals surface area contributed by atoms with Crippen molar-refractivity contribution in [1.82, 2.24) is 0 Å². The van der Waals surface area contributed by atoms with E-state index in [1.54, 1.807) is 0 Å². The largest absolute Gasteiger partial charge is 1.00 e. The maximum Gasteiger partial charge on any atom is 1.00 e. The number of carboxylic acid groups (broad SMARTS) is 3. The van der Waals surface area contributed by atoms with Crippen LogP contribution in [0.1, 0.15) is 0 Å². The van der Waals surface area contributed by atoms with E-state index < -0.39 is 17.9 Å². The zero-order valence-electron chi connectivity index (χ0n) is 6.11. The van der Waals surface area contributed by atoms with Crippen molar-refractivity contribution in [3.8, 4) is 0 Å². The fraction of sp³-hybridized carbons (Fsp3) is 0.250. The molecule has 0 amide bonds. The molecule has 0 fully saturated rings. The zero-order chi connectivity index (χ0) is 9.44. The molecular formula is C4H4BrNaO6. The van der Waals surface area contributed by atoms with Gasteiger partial charge in [0.05, 0.1) is 5.33 Å². The Morgan fingerprint density at radius 3 is 1.50 bits per heavy atom. The molecule has 0 heterocycles. The molecule has 6 nitrogen and oxygen atoms in total. The molecule has 0 aliphatic heterocycles. The Balaban J connectivity index is -0.000000142. The summed E-state index contributed by atoms with van der Waals surface area (Å²) in [5.41, 5.74) is 0. The number of alkyl halides is 1. The summed E-state index contributed by atoms with van der Waals surface area (Å²) in [4.78, 5) is 27.8. The van der Waals surface area contributed by atoms with Crippen LogP contribution in [0.2, 0.25) is 0 Å². The van der Waals surface area contributed by atoms with Gasteiger partial charge < -0.3 is 20.1 Å². The fourth-order valence-corrected chi connectivity index (χ4v) is 0.283. The van der Waals surface area contributed by atoms with Gasteiger partial charge in [-0.15, -0.1) is 0 Å². The second-order valence-electron chi connectivity index (χ2n) is 1.13. The molecule has 0 aromatic heterocycles. The first kappa shape index (κ1) is 17.8. The number of Topliss-reactive ketones (excluding diaryl/α,β-unsaturated/α-hetero) is 1. The third-order valence-corrected chi connectivity index (χ3v) is 0.858. The summed E-state index contributed by atoms with van der Waals surface area (Å²) in [6, 6.07) is 0. The van der Waals surface area contributed by atoms with Gasteiger partial charge in [0, 0.05) is 0 Å². The second-order valence-corrected chi connectivity index (χ2v) is 1.69. The average molecular weight is 251 g/mol. The minimum Gasteiger partial charge on any atom is -0.542 e. The molecule has 12 heavy (non-hydrogen) atoms. The molecule has 0 radical (unpaired) electrons. The van der Waals surface area contributed by atoms with Crippen molar-refractivity contribution in [2.45, 2.75) is 0 Å². The molecule has 2 N–H and O–H groups in total. The average Bonchev–Trinajstić information content (AvgIpc) is 1.85. The van der Waals surface area contributed by atoms with Gasteiger partial charge in [0.2, 0.25) is 0 Å². The summed E-state index contributed by atoms with van der Waals surface area (Å²) in [6.45, 7) is 0. The molecule has 0 aromatic carbocycles. The Hall–Kier alpha value is -0.110. The van der Waals surface area contributed by atoms with Crippen molar-refractivity contribution >= 4 is 33.8 Å². The number of aliphatic carboxylic acids is 1. The summed E-state index contributed by atoms with van der Waals surface area (Å²) < 4.78 is 0. The van der Waals surface area contributed by atoms with Gasteiger partial charge in [-0.3, -0.25) is 4.79 Å².